The van der Waals surface area contributed by atoms with Gasteiger partial charge in [0.1, 0.15) is 5.82 Å². The Balaban J connectivity index is 1.49. The van der Waals surface area contributed by atoms with E-state index in [0.717, 1.165) is 12.8 Å². The van der Waals surface area contributed by atoms with Gasteiger partial charge in [0.25, 0.3) is 0 Å². The van der Waals surface area contributed by atoms with E-state index in [1.54, 1.807) is 32.2 Å². The molecule has 1 heterocycles. The minimum absolute atomic E-state index is 0.0766. The van der Waals surface area contributed by atoms with E-state index in [-0.39, 0.29) is 41.1 Å². The maximum absolute atomic E-state index is 12.7. The first-order chi connectivity index (χ1) is 14.7. The number of carbonyl (C=O) groups is 1. The third kappa shape index (κ3) is 6.98. The SMILES string of the molecule is CNc1nc(C)nc(N[C@H]2CC[C@@H](C(=O)NCc3ccccc3SC(F)(F)F)CC2)n1. The average Bonchev–Trinajstić information content (AvgIpc) is 2.72. The minimum Gasteiger partial charge on any atom is -0.357 e. The molecule has 0 radical (unpaired) electrons. The molecule has 0 unspecified atom stereocenters. The smallest absolute Gasteiger partial charge is 0.357 e. The molecular formula is C20H25F3N6OS. The van der Waals surface area contributed by atoms with E-state index in [0.29, 0.717) is 36.1 Å². The van der Waals surface area contributed by atoms with Gasteiger partial charge in [-0.25, -0.2) is 0 Å². The van der Waals surface area contributed by atoms with Gasteiger partial charge in [-0.05, 0) is 56.0 Å². The van der Waals surface area contributed by atoms with E-state index in [1.165, 1.54) is 6.07 Å². The molecule has 31 heavy (non-hydrogen) atoms. The van der Waals surface area contributed by atoms with Gasteiger partial charge in [0, 0.05) is 30.4 Å². The number of amides is 1. The summed E-state index contributed by atoms with van der Waals surface area (Å²) in [6, 6.07) is 6.39. The Labute approximate surface area is 183 Å². The Kier molecular flexibility index (Phi) is 7.58. The molecule has 3 N–H and O–H groups in total. The number of thioether (sulfide) groups is 1. The van der Waals surface area contributed by atoms with Gasteiger partial charge >= 0.3 is 5.51 Å². The fourth-order valence-electron chi connectivity index (χ4n) is 3.54. The molecule has 1 aliphatic carbocycles. The number of hydrogen-bond acceptors (Lipinski definition) is 7. The number of anilines is 2. The highest BCUT2D eigenvalue weighted by Gasteiger charge is 2.31. The summed E-state index contributed by atoms with van der Waals surface area (Å²) in [6.07, 6.45) is 2.92. The molecule has 1 aromatic heterocycles. The van der Waals surface area contributed by atoms with Crippen molar-refractivity contribution in [3.63, 3.8) is 0 Å². The number of alkyl halides is 3. The van der Waals surface area contributed by atoms with Gasteiger partial charge in [-0.2, -0.15) is 28.1 Å². The summed E-state index contributed by atoms with van der Waals surface area (Å²) in [5.41, 5.74) is -3.91. The monoisotopic (exact) mass is 454 g/mol. The van der Waals surface area contributed by atoms with Crippen molar-refractivity contribution in [3.8, 4) is 0 Å². The summed E-state index contributed by atoms with van der Waals surface area (Å²) in [5.74, 6) is 1.32. The van der Waals surface area contributed by atoms with Crippen LogP contribution in [0.3, 0.4) is 0 Å². The predicted octanol–water partition coefficient (Wildman–Crippen LogP) is 4.12. The number of nitrogens with one attached hydrogen (secondary N) is 3. The second-order valence-electron chi connectivity index (χ2n) is 7.35. The average molecular weight is 455 g/mol. The second kappa shape index (κ2) is 10.2. The van der Waals surface area contributed by atoms with Crippen molar-refractivity contribution in [1.29, 1.82) is 0 Å². The topological polar surface area (TPSA) is 91.8 Å². The largest absolute Gasteiger partial charge is 0.446 e. The van der Waals surface area contributed by atoms with Crippen molar-refractivity contribution < 1.29 is 18.0 Å². The predicted molar refractivity (Wildman–Crippen MR) is 114 cm³/mol. The fraction of sp³-hybridized carbons (Fsp3) is 0.500. The molecule has 11 heteroatoms. The maximum atomic E-state index is 12.7. The molecule has 0 atom stereocenters. The van der Waals surface area contributed by atoms with Gasteiger partial charge in [-0.1, -0.05) is 18.2 Å². The third-order valence-electron chi connectivity index (χ3n) is 5.05. The normalized spacial score (nSPS) is 19.0. The molecular weight excluding hydrogens is 429 g/mol. The van der Waals surface area contributed by atoms with E-state index < -0.39 is 5.51 Å². The Morgan fingerprint density at radius 1 is 1.10 bits per heavy atom. The third-order valence-corrected chi connectivity index (χ3v) is 5.90. The first kappa shape index (κ1) is 23.1. The Morgan fingerprint density at radius 2 is 1.77 bits per heavy atom. The molecule has 3 rings (SSSR count). The highest BCUT2D eigenvalue weighted by molar-refractivity contribution is 8.00. The second-order valence-corrected chi connectivity index (χ2v) is 8.45. The molecule has 0 saturated heterocycles. The van der Waals surface area contributed by atoms with Crippen molar-refractivity contribution in [1.82, 2.24) is 20.3 Å². The van der Waals surface area contributed by atoms with Gasteiger partial charge < -0.3 is 16.0 Å². The Morgan fingerprint density at radius 3 is 2.45 bits per heavy atom. The quantitative estimate of drug-likeness (QED) is 0.542. The summed E-state index contributed by atoms with van der Waals surface area (Å²) < 4.78 is 38.2. The van der Waals surface area contributed by atoms with E-state index in [2.05, 4.69) is 30.9 Å². The Hall–Kier alpha value is -2.56. The van der Waals surface area contributed by atoms with Crippen LogP contribution in [0, 0.1) is 12.8 Å². The summed E-state index contributed by atoms with van der Waals surface area (Å²) in [7, 11) is 1.74. The van der Waals surface area contributed by atoms with Crippen LogP contribution in [-0.4, -0.2) is 39.5 Å². The van der Waals surface area contributed by atoms with Crippen molar-refractivity contribution in [3.05, 3.63) is 35.7 Å². The number of rotatable bonds is 7. The van der Waals surface area contributed by atoms with Gasteiger partial charge in [-0.3, -0.25) is 4.79 Å². The van der Waals surface area contributed by atoms with Crippen molar-refractivity contribution in [2.75, 3.05) is 17.7 Å². The molecule has 1 amide bonds. The van der Waals surface area contributed by atoms with Crippen LogP contribution >= 0.6 is 11.8 Å². The molecule has 1 aliphatic rings. The Bertz CT molecular complexity index is 903. The molecule has 0 bridgehead atoms. The number of halogens is 3. The number of carbonyl (C=O) groups excluding carboxylic acids is 1. The lowest BCUT2D eigenvalue weighted by molar-refractivity contribution is -0.126. The van der Waals surface area contributed by atoms with Gasteiger partial charge in [0.15, 0.2) is 0 Å². The molecule has 7 nitrogen and oxygen atoms in total. The van der Waals surface area contributed by atoms with E-state index in [9.17, 15) is 18.0 Å². The molecule has 1 saturated carbocycles. The standard InChI is InChI=1S/C20H25F3N6OS/c1-12-26-18(24-2)29-19(27-12)28-15-9-7-13(8-10-15)17(30)25-11-14-5-3-4-6-16(14)31-20(21,22)23/h3-6,13,15H,7-11H2,1-2H3,(H,25,30)(H2,24,26,27,28,29)/t13-,15+. The highest BCUT2D eigenvalue weighted by atomic mass is 32.2. The van der Waals surface area contributed by atoms with Gasteiger partial charge in [0.05, 0.1) is 0 Å². The molecule has 0 spiro atoms. The van der Waals surface area contributed by atoms with Crippen LogP contribution in [-0.2, 0) is 11.3 Å². The summed E-state index contributed by atoms with van der Waals surface area (Å²) in [4.78, 5) is 25.4. The summed E-state index contributed by atoms with van der Waals surface area (Å²) >= 11 is -0.161. The molecule has 168 valence electrons. The molecule has 1 fully saturated rings. The zero-order valence-electron chi connectivity index (χ0n) is 17.3. The van der Waals surface area contributed by atoms with Crippen molar-refractivity contribution in [2.24, 2.45) is 5.92 Å². The minimum atomic E-state index is -4.36. The number of aromatic nitrogens is 3. The van der Waals surface area contributed by atoms with Crippen LogP contribution in [0.15, 0.2) is 29.2 Å². The number of benzene rings is 1. The van der Waals surface area contributed by atoms with Crippen LogP contribution in [0.5, 0.6) is 0 Å². The van der Waals surface area contributed by atoms with Crippen LogP contribution < -0.4 is 16.0 Å². The lowest BCUT2D eigenvalue weighted by atomic mass is 9.85. The first-order valence-corrected chi connectivity index (χ1v) is 10.8. The van der Waals surface area contributed by atoms with E-state index in [4.69, 9.17) is 0 Å². The van der Waals surface area contributed by atoms with Crippen LogP contribution in [0.4, 0.5) is 25.1 Å². The van der Waals surface area contributed by atoms with Gasteiger partial charge in [0.2, 0.25) is 17.8 Å². The number of nitrogens with zero attached hydrogens (tertiary/aromatic N) is 3. The fourth-order valence-corrected chi connectivity index (χ4v) is 4.21. The lowest BCUT2D eigenvalue weighted by Gasteiger charge is -2.28. The first-order valence-electron chi connectivity index (χ1n) is 10.0. The van der Waals surface area contributed by atoms with Crippen LogP contribution in [0.25, 0.3) is 0 Å². The molecule has 2 aromatic rings. The number of aryl methyl sites for hydroxylation is 1. The van der Waals surface area contributed by atoms with E-state index in [1.807, 2.05) is 0 Å². The van der Waals surface area contributed by atoms with Crippen LogP contribution in [0.1, 0.15) is 37.1 Å². The zero-order valence-corrected chi connectivity index (χ0v) is 18.1. The van der Waals surface area contributed by atoms with Gasteiger partial charge in [-0.15, -0.1) is 0 Å². The maximum Gasteiger partial charge on any atom is 0.446 e. The lowest BCUT2D eigenvalue weighted by Crippen LogP contribution is -2.36. The van der Waals surface area contributed by atoms with Crippen molar-refractivity contribution in [2.45, 2.75) is 55.6 Å². The number of hydrogen-bond donors (Lipinski definition) is 3. The zero-order chi connectivity index (χ0) is 22.4. The molecule has 0 aliphatic heterocycles. The van der Waals surface area contributed by atoms with Crippen molar-refractivity contribution >= 4 is 29.6 Å². The van der Waals surface area contributed by atoms with Crippen LogP contribution in [0.2, 0.25) is 0 Å². The summed E-state index contributed by atoms with van der Waals surface area (Å²) in [6.45, 7) is 1.87. The molecule has 1 aromatic carbocycles. The summed E-state index contributed by atoms with van der Waals surface area (Å²) in [5, 5.41) is 8.99. The van der Waals surface area contributed by atoms with E-state index >= 15 is 0 Å². The highest BCUT2D eigenvalue weighted by Crippen LogP contribution is 2.38.